The summed E-state index contributed by atoms with van der Waals surface area (Å²) >= 11 is 0. The number of carbonyl (C=O) groups excluding carboxylic acids is 1. The van der Waals surface area contributed by atoms with Crippen LogP contribution in [0, 0.1) is 0 Å². The van der Waals surface area contributed by atoms with E-state index in [1.165, 1.54) is 0 Å². The first kappa shape index (κ1) is 19.5. The molecule has 4 N–H and O–H groups in total. The van der Waals surface area contributed by atoms with Crippen LogP contribution in [0.2, 0.25) is 0 Å². The maximum atomic E-state index is 12.6. The van der Waals surface area contributed by atoms with Gasteiger partial charge in [-0.3, -0.25) is 10.1 Å². The quantitative estimate of drug-likeness (QED) is 0.501. The van der Waals surface area contributed by atoms with Crippen molar-refractivity contribution in [3.05, 3.63) is 52.4 Å². The highest BCUT2D eigenvalue weighted by atomic mass is 16.5. The van der Waals surface area contributed by atoms with Crippen molar-refractivity contribution in [2.24, 2.45) is 0 Å². The first-order valence-electron chi connectivity index (χ1n) is 8.92. The van der Waals surface area contributed by atoms with Crippen LogP contribution in [-0.2, 0) is 4.79 Å². The molecule has 0 aliphatic heterocycles. The number of amides is 1. The Bertz CT molecular complexity index is 1040. The van der Waals surface area contributed by atoms with E-state index in [0.29, 0.717) is 16.7 Å². The number of H-pyrrole nitrogens is 2. The number of ether oxygens (including phenoxy) is 2. The number of anilines is 1. The predicted molar refractivity (Wildman–Crippen MR) is 108 cm³/mol. The number of aromatic amines is 2. The molecule has 1 amide bonds. The molecule has 0 unspecified atom stereocenters. The van der Waals surface area contributed by atoms with Crippen LogP contribution in [-0.4, -0.2) is 36.1 Å². The van der Waals surface area contributed by atoms with Gasteiger partial charge in [-0.05, 0) is 50.2 Å². The van der Waals surface area contributed by atoms with E-state index in [9.17, 15) is 9.59 Å². The first-order chi connectivity index (χ1) is 13.4. The minimum absolute atomic E-state index is 0.144. The highest BCUT2D eigenvalue weighted by molar-refractivity contribution is 5.96. The minimum Gasteiger partial charge on any atom is -0.497 e. The number of carbonyl (C=O) groups is 1. The van der Waals surface area contributed by atoms with Crippen LogP contribution in [0.3, 0.4) is 0 Å². The molecule has 8 nitrogen and oxygen atoms in total. The van der Waals surface area contributed by atoms with Crippen molar-refractivity contribution in [2.45, 2.75) is 25.9 Å². The molecule has 0 aliphatic carbocycles. The number of imidazole rings is 1. The first-order valence-corrected chi connectivity index (χ1v) is 8.92. The van der Waals surface area contributed by atoms with Crippen molar-refractivity contribution < 1.29 is 14.3 Å². The second kappa shape index (κ2) is 8.18. The Labute approximate surface area is 162 Å². The molecule has 0 saturated heterocycles. The fraction of sp³-hybridized carbons (Fsp3) is 0.300. The van der Waals surface area contributed by atoms with Gasteiger partial charge in [0.05, 0.1) is 31.3 Å². The Morgan fingerprint density at radius 2 is 1.75 bits per heavy atom. The van der Waals surface area contributed by atoms with Gasteiger partial charge in [-0.2, -0.15) is 0 Å². The molecule has 0 fully saturated rings. The minimum atomic E-state index is -0.466. The lowest BCUT2D eigenvalue weighted by Crippen LogP contribution is -2.39. The van der Waals surface area contributed by atoms with E-state index in [4.69, 9.17) is 9.47 Å². The van der Waals surface area contributed by atoms with Gasteiger partial charge in [0.15, 0.2) is 0 Å². The summed E-state index contributed by atoms with van der Waals surface area (Å²) in [5.41, 5.74) is 2.54. The third-order valence-corrected chi connectivity index (χ3v) is 4.58. The maximum absolute atomic E-state index is 12.6. The van der Waals surface area contributed by atoms with E-state index in [2.05, 4.69) is 20.6 Å². The third kappa shape index (κ3) is 4.17. The third-order valence-electron chi connectivity index (χ3n) is 4.58. The maximum Gasteiger partial charge on any atom is 0.323 e. The number of hydrogen-bond acceptors (Lipinski definition) is 5. The molecule has 0 saturated carbocycles. The highest BCUT2D eigenvalue weighted by Gasteiger charge is 2.19. The molecule has 3 rings (SSSR count). The van der Waals surface area contributed by atoms with Crippen molar-refractivity contribution in [3.63, 3.8) is 0 Å². The van der Waals surface area contributed by atoms with E-state index in [1.54, 1.807) is 39.3 Å². The molecule has 0 aliphatic rings. The van der Waals surface area contributed by atoms with Crippen molar-refractivity contribution in [1.82, 2.24) is 15.3 Å². The molecule has 0 radical (unpaired) electrons. The molecule has 0 spiro atoms. The lowest BCUT2D eigenvalue weighted by molar-refractivity contribution is -0.117. The summed E-state index contributed by atoms with van der Waals surface area (Å²) in [4.78, 5) is 29.3. The van der Waals surface area contributed by atoms with Crippen LogP contribution in [0.25, 0.3) is 11.0 Å². The molecule has 148 valence electrons. The van der Waals surface area contributed by atoms with Gasteiger partial charge < -0.3 is 24.8 Å². The molecule has 2 atom stereocenters. The molecular formula is C20H24N4O4. The summed E-state index contributed by atoms with van der Waals surface area (Å²) in [6.07, 6.45) is 0. The monoisotopic (exact) mass is 384 g/mol. The fourth-order valence-corrected chi connectivity index (χ4v) is 3.08. The fourth-order valence-electron chi connectivity index (χ4n) is 3.08. The van der Waals surface area contributed by atoms with Gasteiger partial charge in [-0.1, -0.05) is 0 Å². The molecule has 28 heavy (non-hydrogen) atoms. The van der Waals surface area contributed by atoms with Crippen LogP contribution in [0.15, 0.2) is 41.2 Å². The van der Waals surface area contributed by atoms with Crippen LogP contribution in [0.1, 0.15) is 25.5 Å². The number of aromatic nitrogens is 2. The number of hydrogen-bond donors (Lipinski definition) is 4. The van der Waals surface area contributed by atoms with Gasteiger partial charge in [0.25, 0.3) is 0 Å². The summed E-state index contributed by atoms with van der Waals surface area (Å²) in [5.74, 6) is 1.25. The zero-order valence-corrected chi connectivity index (χ0v) is 16.3. The molecule has 3 aromatic rings. The number of benzene rings is 2. The van der Waals surface area contributed by atoms with Gasteiger partial charge >= 0.3 is 5.69 Å². The second-order valence-corrected chi connectivity index (χ2v) is 6.55. The lowest BCUT2D eigenvalue weighted by Gasteiger charge is -2.22. The summed E-state index contributed by atoms with van der Waals surface area (Å²) in [7, 11) is 3.21. The SMILES string of the molecule is COc1ccc(OC)c([C@H](C)N[C@@H](C)C(=O)Nc2ccc3[nH]c(=O)[nH]c3c2)c1. The van der Waals surface area contributed by atoms with E-state index in [-0.39, 0.29) is 17.6 Å². The average molecular weight is 384 g/mol. The molecule has 8 heteroatoms. The van der Waals surface area contributed by atoms with Crippen LogP contribution >= 0.6 is 0 Å². The molecule has 1 heterocycles. The highest BCUT2D eigenvalue weighted by Crippen LogP contribution is 2.29. The van der Waals surface area contributed by atoms with Crippen molar-refractivity contribution >= 4 is 22.6 Å². The van der Waals surface area contributed by atoms with Gasteiger partial charge in [0, 0.05) is 17.3 Å². The van der Waals surface area contributed by atoms with E-state index in [1.807, 2.05) is 25.1 Å². The lowest BCUT2D eigenvalue weighted by atomic mass is 10.1. The van der Waals surface area contributed by atoms with Crippen molar-refractivity contribution in [2.75, 3.05) is 19.5 Å². The van der Waals surface area contributed by atoms with E-state index >= 15 is 0 Å². The molecule has 0 bridgehead atoms. The summed E-state index contributed by atoms with van der Waals surface area (Å²) in [6, 6.07) is 10.1. The average Bonchev–Trinajstić information content (AvgIpc) is 3.06. The summed E-state index contributed by atoms with van der Waals surface area (Å²) in [6.45, 7) is 3.74. The van der Waals surface area contributed by atoms with Gasteiger partial charge in [-0.25, -0.2) is 4.79 Å². The summed E-state index contributed by atoms with van der Waals surface area (Å²) in [5, 5.41) is 6.13. The van der Waals surface area contributed by atoms with Crippen LogP contribution < -0.4 is 25.8 Å². The smallest absolute Gasteiger partial charge is 0.323 e. The Morgan fingerprint density at radius 3 is 2.46 bits per heavy atom. The molecule has 2 aromatic carbocycles. The van der Waals surface area contributed by atoms with Crippen molar-refractivity contribution in [3.8, 4) is 11.5 Å². The second-order valence-electron chi connectivity index (χ2n) is 6.55. The van der Waals surface area contributed by atoms with Gasteiger partial charge in [0.1, 0.15) is 11.5 Å². The summed E-state index contributed by atoms with van der Waals surface area (Å²) < 4.78 is 10.7. The normalized spacial score (nSPS) is 13.1. The number of methoxy groups -OCH3 is 2. The Kier molecular flexibility index (Phi) is 5.70. The standard InChI is InChI=1S/C20H24N4O4/c1-11(15-10-14(27-3)6-8-18(15)28-4)21-12(2)19(25)22-13-5-7-16-17(9-13)24-20(26)23-16/h5-12,21H,1-4H3,(H,22,25)(H2,23,24,26)/t11-,12-/m0/s1. The predicted octanol–water partition coefficient (Wildman–Crippen LogP) is 2.55. The Hall–Kier alpha value is -3.26. The van der Waals surface area contributed by atoms with E-state index < -0.39 is 6.04 Å². The topological polar surface area (TPSA) is 108 Å². The molecular weight excluding hydrogens is 360 g/mol. The van der Waals surface area contributed by atoms with Crippen LogP contribution in [0.5, 0.6) is 11.5 Å². The largest absolute Gasteiger partial charge is 0.497 e. The Morgan fingerprint density at radius 1 is 1.00 bits per heavy atom. The zero-order chi connectivity index (χ0) is 20.3. The molecule has 1 aromatic heterocycles. The Balaban J connectivity index is 1.70. The van der Waals surface area contributed by atoms with E-state index in [0.717, 1.165) is 17.1 Å². The number of nitrogens with one attached hydrogen (secondary N) is 4. The van der Waals surface area contributed by atoms with Crippen LogP contribution in [0.4, 0.5) is 5.69 Å². The number of rotatable bonds is 7. The number of fused-ring (bicyclic) bond motifs is 1. The van der Waals surface area contributed by atoms with Crippen molar-refractivity contribution in [1.29, 1.82) is 0 Å². The van der Waals surface area contributed by atoms with Gasteiger partial charge in [-0.15, -0.1) is 0 Å². The zero-order valence-electron chi connectivity index (χ0n) is 16.3. The van der Waals surface area contributed by atoms with Gasteiger partial charge in [0.2, 0.25) is 5.91 Å².